The molecule has 6 rings (SSSR count). The molecule has 4 aromatic heterocycles. The van der Waals surface area contributed by atoms with Gasteiger partial charge in [0.2, 0.25) is 5.95 Å². The van der Waals surface area contributed by atoms with Gasteiger partial charge in [0.15, 0.2) is 5.16 Å². The molecule has 5 heterocycles. The molecule has 1 fully saturated rings. The zero-order valence-electron chi connectivity index (χ0n) is 17.6. The third-order valence-electron chi connectivity index (χ3n) is 5.72. The number of fused-ring (bicyclic) bond motifs is 2. The summed E-state index contributed by atoms with van der Waals surface area (Å²) in [6.45, 7) is 0.671. The summed E-state index contributed by atoms with van der Waals surface area (Å²) < 4.78 is 3.06. The molecule has 1 aromatic carbocycles. The number of hydrogen-bond acceptors (Lipinski definition) is 8. The second-order valence-corrected chi connectivity index (χ2v) is 9.29. The highest BCUT2D eigenvalue weighted by Gasteiger charge is 2.34. The smallest absolute Gasteiger partial charge is 0.284 e. The number of nitrogens with zero attached hydrogens (tertiary/aromatic N) is 6. The van der Waals surface area contributed by atoms with Crippen molar-refractivity contribution in [3.63, 3.8) is 0 Å². The first-order valence-corrected chi connectivity index (χ1v) is 11.7. The summed E-state index contributed by atoms with van der Waals surface area (Å²) >= 11 is 7.69. The zero-order chi connectivity index (χ0) is 23.4. The van der Waals surface area contributed by atoms with Crippen LogP contribution in [0.25, 0.3) is 22.1 Å². The molecule has 0 radical (unpaired) electrons. The molecule has 1 unspecified atom stereocenters. The van der Waals surface area contributed by atoms with Gasteiger partial charge in [-0.3, -0.25) is 14.2 Å². The molecule has 10 nitrogen and oxygen atoms in total. The van der Waals surface area contributed by atoms with Crippen molar-refractivity contribution in [2.75, 3.05) is 17.2 Å². The number of H-pyrrole nitrogens is 1. The van der Waals surface area contributed by atoms with Crippen LogP contribution in [0.5, 0.6) is 0 Å². The first kappa shape index (κ1) is 20.8. The third kappa shape index (κ3) is 3.24. The van der Waals surface area contributed by atoms with E-state index in [2.05, 4.69) is 20.1 Å². The van der Waals surface area contributed by atoms with Gasteiger partial charge < -0.3 is 15.6 Å². The molecule has 0 saturated carbocycles. The number of nitrogens with one attached hydrogen (secondary N) is 1. The lowest BCUT2D eigenvalue weighted by Gasteiger charge is -2.41. The summed E-state index contributed by atoms with van der Waals surface area (Å²) in [5.74, 6) is 0.554. The van der Waals surface area contributed by atoms with Crippen molar-refractivity contribution >= 4 is 51.5 Å². The van der Waals surface area contributed by atoms with Gasteiger partial charge in [-0.2, -0.15) is 4.98 Å². The van der Waals surface area contributed by atoms with E-state index in [1.807, 2.05) is 35.2 Å². The minimum atomic E-state index is -0.286. The number of rotatable bonds is 4. The Hall–Kier alpha value is -3.83. The molecule has 3 N–H and O–H groups in total. The Balaban J connectivity index is 1.47. The average Bonchev–Trinajstić information content (AvgIpc) is 3.18. The minimum absolute atomic E-state index is 0.0893. The van der Waals surface area contributed by atoms with Crippen LogP contribution >= 0.6 is 23.4 Å². The van der Waals surface area contributed by atoms with E-state index < -0.39 is 0 Å². The van der Waals surface area contributed by atoms with Crippen molar-refractivity contribution in [1.82, 2.24) is 29.1 Å². The van der Waals surface area contributed by atoms with E-state index in [9.17, 15) is 9.59 Å². The van der Waals surface area contributed by atoms with Crippen LogP contribution in [0.3, 0.4) is 0 Å². The van der Waals surface area contributed by atoms with Crippen LogP contribution in [0.4, 0.5) is 11.8 Å². The van der Waals surface area contributed by atoms with Crippen molar-refractivity contribution in [3.8, 4) is 5.69 Å². The second-order valence-electron chi connectivity index (χ2n) is 7.74. The predicted molar refractivity (Wildman–Crippen MR) is 132 cm³/mol. The molecule has 1 atom stereocenters. The molecule has 170 valence electrons. The Kier molecular flexibility index (Phi) is 4.82. The number of halogens is 1. The van der Waals surface area contributed by atoms with E-state index >= 15 is 0 Å². The standard InChI is InChI=1S/C22H17ClN8O2S/c23-13-7-11-30-17(13)20(33)31(12-4-2-1-3-5-12)22(28-30)34-15-8-10-29(15)18-16-14(26-21(24)27-18)6-9-25-19(16)32/h1-7,9,11,15H,8,10H2,(H,25,32)(H2,24,26,27). The molecule has 0 amide bonds. The SMILES string of the molecule is Nc1nc(N2CCC2Sc2nn3ccc(Cl)c3c(=O)n2-c2ccccc2)c2c(=O)[nH]ccc2n1. The highest BCUT2D eigenvalue weighted by atomic mass is 35.5. The molecular weight excluding hydrogens is 476 g/mol. The first-order valence-electron chi connectivity index (χ1n) is 10.4. The van der Waals surface area contributed by atoms with E-state index in [1.54, 1.807) is 22.9 Å². The summed E-state index contributed by atoms with van der Waals surface area (Å²) in [5.41, 5.74) is 6.85. The average molecular weight is 493 g/mol. The fourth-order valence-corrected chi connectivity index (χ4v) is 5.49. The van der Waals surface area contributed by atoms with Crippen LogP contribution in [0.2, 0.25) is 5.02 Å². The lowest BCUT2D eigenvalue weighted by Crippen LogP contribution is -2.47. The Labute approximate surface area is 201 Å². The van der Waals surface area contributed by atoms with Gasteiger partial charge in [0.25, 0.3) is 11.1 Å². The van der Waals surface area contributed by atoms with E-state index in [0.29, 0.717) is 44.6 Å². The number of pyridine rings is 1. The topological polar surface area (TPSA) is 127 Å². The molecule has 0 bridgehead atoms. The van der Waals surface area contributed by atoms with E-state index in [0.717, 1.165) is 6.42 Å². The highest BCUT2D eigenvalue weighted by molar-refractivity contribution is 7.99. The molecule has 0 aliphatic carbocycles. The highest BCUT2D eigenvalue weighted by Crippen LogP contribution is 2.38. The molecule has 5 aromatic rings. The van der Waals surface area contributed by atoms with Crippen LogP contribution in [0, 0.1) is 0 Å². The van der Waals surface area contributed by atoms with E-state index in [4.69, 9.17) is 17.3 Å². The summed E-state index contributed by atoms with van der Waals surface area (Å²) in [6, 6.07) is 12.6. The molecule has 34 heavy (non-hydrogen) atoms. The van der Waals surface area contributed by atoms with E-state index in [-0.39, 0.29) is 22.4 Å². The number of aromatic amines is 1. The maximum atomic E-state index is 13.4. The van der Waals surface area contributed by atoms with Gasteiger partial charge in [-0.05, 0) is 30.7 Å². The summed E-state index contributed by atoms with van der Waals surface area (Å²) in [7, 11) is 0. The minimum Gasteiger partial charge on any atom is -0.368 e. The normalized spacial score (nSPS) is 15.7. The molecular formula is C22H17ClN8O2S. The van der Waals surface area contributed by atoms with Crippen molar-refractivity contribution in [1.29, 1.82) is 0 Å². The van der Waals surface area contributed by atoms with Crippen molar-refractivity contribution in [2.24, 2.45) is 0 Å². The lowest BCUT2D eigenvalue weighted by molar-refractivity contribution is 0.565. The number of aromatic nitrogens is 6. The Morgan fingerprint density at radius 2 is 1.94 bits per heavy atom. The number of nitrogen functional groups attached to an aromatic ring is 1. The summed E-state index contributed by atoms with van der Waals surface area (Å²) in [5, 5.41) is 5.77. The number of benzene rings is 1. The largest absolute Gasteiger partial charge is 0.368 e. The maximum absolute atomic E-state index is 13.4. The van der Waals surface area contributed by atoms with Crippen LogP contribution in [0.1, 0.15) is 6.42 Å². The molecule has 1 saturated heterocycles. The molecule has 1 aliphatic rings. The van der Waals surface area contributed by atoms with Gasteiger partial charge in [-0.15, -0.1) is 5.10 Å². The van der Waals surface area contributed by atoms with Gasteiger partial charge in [0.05, 0.1) is 21.6 Å². The zero-order valence-corrected chi connectivity index (χ0v) is 19.1. The van der Waals surface area contributed by atoms with Crippen LogP contribution in [-0.4, -0.2) is 41.1 Å². The Morgan fingerprint density at radius 1 is 1.12 bits per heavy atom. The third-order valence-corrected chi connectivity index (χ3v) is 7.26. The molecule has 1 aliphatic heterocycles. The summed E-state index contributed by atoms with van der Waals surface area (Å²) in [6.07, 6.45) is 3.99. The number of nitrogens with two attached hydrogens (primary N) is 1. The van der Waals surface area contributed by atoms with Crippen LogP contribution in [0.15, 0.2) is 69.6 Å². The maximum Gasteiger partial charge on any atom is 0.284 e. The summed E-state index contributed by atoms with van der Waals surface area (Å²) in [4.78, 5) is 39.2. The quantitative estimate of drug-likeness (QED) is 0.392. The number of thioether (sulfide) groups is 1. The van der Waals surface area contributed by atoms with Crippen LogP contribution in [-0.2, 0) is 0 Å². The monoisotopic (exact) mass is 492 g/mol. The van der Waals surface area contributed by atoms with E-state index in [1.165, 1.54) is 22.5 Å². The van der Waals surface area contributed by atoms with Gasteiger partial charge in [-0.1, -0.05) is 41.6 Å². The van der Waals surface area contributed by atoms with Gasteiger partial charge in [-0.25, -0.2) is 9.50 Å². The first-order chi connectivity index (χ1) is 16.5. The Bertz CT molecular complexity index is 1680. The van der Waals surface area contributed by atoms with Gasteiger partial charge in [0.1, 0.15) is 16.7 Å². The fourth-order valence-electron chi connectivity index (χ4n) is 4.04. The van der Waals surface area contributed by atoms with Gasteiger partial charge in [0, 0.05) is 18.9 Å². The molecule has 12 heteroatoms. The fraction of sp³-hybridized carbons (Fsp3) is 0.136. The number of para-hydroxylation sites is 1. The second kappa shape index (κ2) is 7.89. The van der Waals surface area contributed by atoms with Crippen molar-refractivity contribution in [3.05, 3.63) is 80.6 Å². The number of anilines is 2. The number of hydrogen-bond donors (Lipinski definition) is 2. The van der Waals surface area contributed by atoms with Crippen molar-refractivity contribution in [2.45, 2.75) is 17.0 Å². The lowest BCUT2D eigenvalue weighted by atomic mass is 10.2. The van der Waals surface area contributed by atoms with Crippen LogP contribution < -0.4 is 21.8 Å². The Morgan fingerprint density at radius 3 is 2.71 bits per heavy atom. The van der Waals surface area contributed by atoms with Crippen molar-refractivity contribution < 1.29 is 0 Å². The molecule has 0 spiro atoms. The van der Waals surface area contributed by atoms with Gasteiger partial charge >= 0.3 is 0 Å². The predicted octanol–water partition coefficient (Wildman–Crippen LogP) is 2.68.